The third-order valence-corrected chi connectivity index (χ3v) is 8.57. The van der Waals surface area contributed by atoms with Crippen LogP contribution in [0, 0.1) is 0 Å². The summed E-state index contributed by atoms with van der Waals surface area (Å²) in [5, 5.41) is -0.245. The van der Waals surface area contributed by atoms with Crippen LogP contribution < -0.4 is 0 Å². The average molecular weight is 292 g/mol. The highest BCUT2D eigenvalue weighted by molar-refractivity contribution is 6.70. The Balaban J connectivity index is 2.63. The largest absolute Gasteiger partial charge is 0.396 e. The Labute approximate surface area is 117 Å². The number of ether oxygens (including phenoxy) is 3. The summed E-state index contributed by atoms with van der Waals surface area (Å²) in [5.74, 6) is 0. The second-order valence-electron chi connectivity index (χ2n) is 4.99. The van der Waals surface area contributed by atoms with Crippen molar-refractivity contribution in [2.45, 2.75) is 43.4 Å². The third-order valence-electron chi connectivity index (χ3n) is 4.15. The Morgan fingerprint density at radius 1 is 1.05 bits per heavy atom. The molecule has 1 heterocycles. The Kier molecular flexibility index (Phi) is 7.49. The zero-order chi connectivity index (χ0) is 14.2. The molecular formula is C13H28O5Si. The van der Waals surface area contributed by atoms with Crippen molar-refractivity contribution < 1.29 is 23.1 Å². The van der Waals surface area contributed by atoms with Gasteiger partial charge in [-0.2, -0.15) is 0 Å². The van der Waals surface area contributed by atoms with Gasteiger partial charge in [-0.05, 0) is 25.3 Å². The maximum atomic E-state index is 5.91. The van der Waals surface area contributed by atoms with E-state index in [0.717, 1.165) is 25.3 Å². The lowest BCUT2D eigenvalue weighted by molar-refractivity contribution is -0.0467. The summed E-state index contributed by atoms with van der Waals surface area (Å²) in [6.07, 6.45) is 5.20. The molecule has 5 nitrogen and oxygen atoms in total. The smallest absolute Gasteiger partial charge is 0.370 e. The van der Waals surface area contributed by atoms with Gasteiger partial charge in [-0.3, -0.25) is 0 Å². The van der Waals surface area contributed by atoms with Crippen LogP contribution in [0.5, 0.6) is 0 Å². The fourth-order valence-corrected chi connectivity index (χ4v) is 7.04. The molecular weight excluding hydrogens is 264 g/mol. The zero-order valence-corrected chi connectivity index (χ0v) is 13.7. The fourth-order valence-electron chi connectivity index (χ4n) is 3.12. The Bertz CT molecular complexity index is 247. The second-order valence-corrected chi connectivity index (χ2v) is 8.72. The van der Waals surface area contributed by atoms with Crippen LogP contribution >= 0.6 is 0 Å². The van der Waals surface area contributed by atoms with Crippen LogP contribution in [0.15, 0.2) is 0 Å². The normalized spacial score (nSPS) is 26.5. The van der Waals surface area contributed by atoms with Crippen LogP contribution in [0.2, 0.25) is 6.04 Å². The molecule has 19 heavy (non-hydrogen) atoms. The average Bonchev–Trinajstić information content (AvgIpc) is 2.47. The van der Waals surface area contributed by atoms with Crippen molar-refractivity contribution in [2.24, 2.45) is 0 Å². The number of hydrogen-bond acceptors (Lipinski definition) is 5. The summed E-state index contributed by atoms with van der Waals surface area (Å²) >= 11 is 0. The van der Waals surface area contributed by atoms with Gasteiger partial charge < -0.3 is 23.1 Å². The summed E-state index contributed by atoms with van der Waals surface area (Å²) in [6, 6.07) is 1.01. The summed E-state index contributed by atoms with van der Waals surface area (Å²) < 4.78 is 27.8. The van der Waals surface area contributed by atoms with Crippen molar-refractivity contribution in [2.75, 3.05) is 41.8 Å². The zero-order valence-electron chi connectivity index (χ0n) is 12.7. The van der Waals surface area contributed by atoms with Crippen LogP contribution in [0.1, 0.15) is 32.1 Å². The Morgan fingerprint density at radius 3 is 2.37 bits per heavy atom. The van der Waals surface area contributed by atoms with Gasteiger partial charge in [0, 0.05) is 35.0 Å². The van der Waals surface area contributed by atoms with Crippen molar-refractivity contribution in [1.82, 2.24) is 0 Å². The van der Waals surface area contributed by atoms with Crippen molar-refractivity contribution >= 4 is 8.56 Å². The van der Waals surface area contributed by atoms with Crippen molar-refractivity contribution in [3.8, 4) is 0 Å². The molecule has 0 amide bonds. The third kappa shape index (κ3) is 3.77. The van der Waals surface area contributed by atoms with Crippen molar-refractivity contribution in [3.05, 3.63) is 0 Å². The predicted molar refractivity (Wildman–Crippen MR) is 75.2 cm³/mol. The van der Waals surface area contributed by atoms with Crippen LogP contribution in [0.3, 0.4) is 0 Å². The summed E-state index contributed by atoms with van der Waals surface area (Å²) in [6.45, 7) is 1.02. The first-order chi connectivity index (χ1) is 9.20. The molecule has 1 fully saturated rings. The molecule has 0 aromatic heterocycles. The van der Waals surface area contributed by atoms with E-state index in [1.54, 1.807) is 28.4 Å². The van der Waals surface area contributed by atoms with Crippen molar-refractivity contribution in [1.29, 1.82) is 0 Å². The Morgan fingerprint density at radius 2 is 1.79 bits per heavy atom. The lowest BCUT2D eigenvalue weighted by Crippen LogP contribution is -2.64. The molecule has 1 aliphatic rings. The van der Waals surface area contributed by atoms with E-state index in [0.29, 0.717) is 13.4 Å². The van der Waals surface area contributed by atoms with Crippen LogP contribution in [0.25, 0.3) is 0 Å². The van der Waals surface area contributed by atoms with Crippen molar-refractivity contribution in [3.63, 3.8) is 0 Å². The van der Waals surface area contributed by atoms with Gasteiger partial charge in [0.15, 0.2) is 0 Å². The molecule has 0 aromatic rings. The molecule has 1 aliphatic heterocycles. The van der Waals surface area contributed by atoms with E-state index in [-0.39, 0.29) is 5.22 Å². The molecule has 0 aromatic carbocycles. The van der Waals surface area contributed by atoms with E-state index in [4.69, 9.17) is 23.1 Å². The quantitative estimate of drug-likeness (QED) is 0.370. The highest BCUT2D eigenvalue weighted by Crippen LogP contribution is 2.42. The molecule has 1 atom stereocenters. The van der Waals surface area contributed by atoms with E-state index in [9.17, 15) is 0 Å². The maximum absolute atomic E-state index is 5.91. The van der Waals surface area contributed by atoms with E-state index >= 15 is 0 Å². The number of hydrogen-bond donors (Lipinski definition) is 0. The molecule has 0 spiro atoms. The molecule has 114 valence electrons. The van der Waals surface area contributed by atoms with Gasteiger partial charge in [-0.25, -0.2) is 0 Å². The minimum absolute atomic E-state index is 0.245. The van der Waals surface area contributed by atoms with Gasteiger partial charge in [0.1, 0.15) is 12.0 Å². The van der Waals surface area contributed by atoms with Gasteiger partial charge in [-0.15, -0.1) is 0 Å². The first-order valence-corrected chi connectivity index (χ1v) is 8.95. The molecule has 0 radical (unpaired) electrons. The highest BCUT2D eigenvalue weighted by atomic mass is 28.4. The molecule has 1 unspecified atom stereocenters. The lowest BCUT2D eigenvalue weighted by atomic mass is 10.1. The topological polar surface area (TPSA) is 46.2 Å². The SMILES string of the molecule is COCOCCCC1(OC)CCCC[Si]1(OC)OC. The number of rotatable bonds is 9. The van der Waals surface area contributed by atoms with Crippen LogP contribution in [0.4, 0.5) is 0 Å². The molecule has 6 heteroatoms. The second kappa shape index (κ2) is 8.34. The highest BCUT2D eigenvalue weighted by Gasteiger charge is 2.58. The van der Waals surface area contributed by atoms with Gasteiger partial charge in [0.05, 0.1) is 0 Å². The summed E-state index contributed by atoms with van der Waals surface area (Å²) in [4.78, 5) is 0. The van der Waals surface area contributed by atoms with Crippen LogP contribution in [-0.2, 0) is 23.1 Å². The first kappa shape index (κ1) is 17.1. The molecule has 0 aliphatic carbocycles. The molecule has 0 bridgehead atoms. The Hall–Kier alpha value is 0.0169. The minimum atomic E-state index is -2.29. The van der Waals surface area contributed by atoms with E-state index in [1.165, 1.54) is 12.8 Å². The van der Waals surface area contributed by atoms with Crippen LogP contribution in [-0.4, -0.2) is 55.6 Å². The van der Waals surface area contributed by atoms with Gasteiger partial charge >= 0.3 is 8.56 Å². The van der Waals surface area contributed by atoms with Gasteiger partial charge in [0.25, 0.3) is 0 Å². The van der Waals surface area contributed by atoms with E-state index < -0.39 is 8.56 Å². The van der Waals surface area contributed by atoms with E-state index in [2.05, 4.69) is 0 Å². The lowest BCUT2D eigenvalue weighted by Gasteiger charge is -2.48. The summed E-state index contributed by atoms with van der Waals surface area (Å²) in [5.41, 5.74) is 0. The molecule has 0 N–H and O–H groups in total. The summed E-state index contributed by atoms with van der Waals surface area (Å²) in [7, 11) is 4.64. The standard InChI is InChI=1S/C13H28O5Si/c1-14-12-18-10-7-9-13(15-2)8-5-6-11-19(13,16-3)17-4/h5-12H2,1-4H3. The first-order valence-electron chi connectivity index (χ1n) is 6.92. The molecule has 1 rings (SSSR count). The van der Waals surface area contributed by atoms with E-state index in [1.807, 2.05) is 0 Å². The molecule has 1 saturated heterocycles. The monoisotopic (exact) mass is 292 g/mol. The number of methoxy groups -OCH3 is 2. The van der Waals surface area contributed by atoms with Gasteiger partial charge in [-0.1, -0.05) is 12.8 Å². The molecule has 0 saturated carbocycles. The predicted octanol–water partition coefficient (Wildman–Crippen LogP) is 2.23. The minimum Gasteiger partial charge on any atom is -0.396 e. The fraction of sp³-hybridized carbons (Fsp3) is 1.00. The maximum Gasteiger partial charge on any atom is 0.370 e. The van der Waals surface area contributed by atoms with Gasteiger partial charge in [0.2, 0.25) is 0 Å².